The maximum atomic E-state index is 12.4. The van der Waals surface area contributed by atoms with E-state index in [0.29, 0.717) is 24.5 Å². The maximum Gasteiger partial charge on any atom is 0.389 e. The van der Waals surface area contributed by atoms with Gasteiger partial charge in [-0.05, 0) is 90.5 Å². The number of carbonyl (C=O) groups excluding carboxylic acids is 2. The van der Waals surface area contributed by atoms with E-state index in [1.807, 2.05) is 12.1 Å². The summed E-state index contributed by atoms with van der Waals surface area (Å²) in [5, 5.41) is 29.2. The zero-order valence-corrected chi connectivity index (χ0v) is 27.4. The molecule has 2 aromatic rings. The SMILES string of the molecule is C=C(C=O)CO.C=C(CO)C(=O)OCC(CO)c1ccc2cc(C3CCC(C4CCC(CCCCC(F)(F)F)CC4)CC3)ccc2c1. The van der Waals surface area contributed by atoms with Crippen molar-refractivity contribution in [3.63, 3.8) is 0 Å². The first-order valence-electron chi connectivity index (χ1n) is 16.9. The highest BCUT2D eigenvalue weighted by Gasteiger charge is 2.32. The number of ether oxygens (including phenoxy) is 1. The van der Waals surface area contributed by atoms with Crippen molar-refractivity contribution in [1.82, 2.24) is 0 Å². The molecule has 0 saturated heterocycles. The normalized spacial score (nSPS) is 22.1. The van der Waals surface area contributed by atoms with Crippen LogP contribution in [0.2, 0.25) is 0 Å². The van der Waals surface area contributed by atoms with Crippen LogP contribution >= 0.6 is 0 Å². The lowest BCUT2D eigenvalue weighted by Gasteiger charge is -2.38. The molecule has 0 spiro atoms. The molecule has 6 nitrogen and oxygen atoms in total. The molecule has 0 aromatic heterocycles. The summed E-state index contributed by atoms with van der Waals surface area (Å²) in [4.78, 5) is 21.3. The Labute approximate surface area is 276 Å². The third kappa shape index (κ3) is 12.5. The van der Waals surface area contributed by atoms with Gasteiger partial charge < -0.3 is 20.1 Å². The summed E-state index contributed by atoms with van der Waals surface area (Å²) in [6.45, 7) is 5.82. The summed E-state index contributed by atoms with van der Waals surface area (Å²) < 4.78 is 42.3. The van der Waals surface area contributed by atoms with Crippen LogP contribution in [-0.2, 0) is 14.3 Å². The standard InChI is InChI=1S/C34H45F3O4.C4H6O2/c1-23(20-38)33(40)41-22-32(21-39)31-16-15-29-18-28(13-14-30(29)19-31)27-11-9-26(10-12-27)25-7-5-24(6-8-25)4-2-3-17-34(35,36)37;1-4(2-5)3-6/h13-16,18-19,24-27,32,38-39H,1-12,17,20-22H2;2,6H,1,3H2. The first-order valence-corrected chi connectivity index (χ1v) is 16.9. The number of unbranched alkanes of at least 4 members (excludes halogenated alkanes) is 1. The van der Waals surface area contributed by atoms with E-state index in [0.717, 1.165) is 34.6 Å². The minimum Gasteiger partial charge on any atom is -0.462 e. The molecule has 0 bridgehead atoms. The molecule has 47 heavy (non-hydrogen) atoms. The van der Waals surface area contributed by atoms with E-state index in [-0.39, 0.29) is 43.3 Å². The molecule has 2 saturated carbocycles. The molecule has 0 radical (unpaired) electrons. The molecule has 2 aliphatic rings. The van der Waals surface area contributed by atoms with Gasteiger partial charge in [-0.3, -0.25) is 4.79 Å². The second-order valence-electron chi connectivity index (χ2n) is 13.3. The average molecular weight is 661 g/mol. The quantitative estimate of drug-likeness (QED) is 0.0823. The van der Waals surface area contributed by atoms with Gasteiger partial charge in [0.15, 0.2) is 0 Å². The van der Waals surface area contributed by atoms with Crippen LogP contribution in [0.4, 0.5) is 13.2 Å². The van der Waals surface area contributed by atoms with Crippen LogP contribution in [0.1, 0.15) is 100 Å². The number of carbonyl (C=O) groups is 2. The smallest absolute Gasteiger partial charge is 0.389 e. The van der Waals surface area contributed by atoms with E-state index >= 15 is 0 Å². The molecule has 4 rings (SSSR count). The zero-order chi connectivity index (χ0) is 34.4. The van der Waals surface area contributed by atoms with Crippen LogP contribution in [0.25, 0.3) is 10.8 Å². The van der Waals surface area contributed by atoms with Gasteiger partial charge in [-0.25, -0.2) is 4.79 Å². The van der Waals surface area contributed by atoms with E-state index in [1.165, 1.54) is 56.9 Å². The lowest BCUT2D eigenvalue weighted by Crippen LogP contribution is -2.25. The van der Waals surface area contributed by atoms with Gasteiger partial charge in [0, 0.05) is 17.9 Å². The summed E-state index contributed by atoms with van der Waals surface area (Å²) in [5.41, 5.74) is 2.48. The number of fused-ring (bicyclic) bond motifs is 1. The number of esters is 1. The topological polar surface area (TPSA) is 104 Å². The van der Waals surface area contributed by atoms with Crippen molar-refractivity contribution < 1.29 is 42.8 Å². The van der Waals surface area contributed by atoms with Gasteiger partial charge >= 0.3 is 12.1 Å². The molecule has 2 aliphatic carbocycles. The van der Waals surface area contributed by atoms with Crippen LogP contribution in [0, 0.1) is 17.8 Å². The zero-order valence-electron chi connectivity index (χ0n) is 27.4. The van der Waals surface area contributed by atoms with Gasteiger partial charge in [-0.2, -0.15) is 13.2 Å². The predicted molar refractivity (Wildman–Crippen MR) is 178 cm³/mol. The number of aliphatic hydroxyl groups excluding tert-OH is 3. The van der Waals surface area contributed by atoms with E-state index in [2.05, 4.69) is 37.4 Å². The molecule has 2 aromatic carbocycles. The first-order chi connectivity index (χ1) is 22.5. The largest absolute Gasteiger partial charge is 0.462 e. The van der Waals surface area contributed by atoms with Crippen molar-refractivity contribution >= 4 is 23.0 Å². The molecule has 0 aliphatic heterocycles. The lowest BCUT2D eigenvalue weighted by molar-refractivity contribution is -0.140. The number of aldehydes is 1. The Morgan fingerprint density at radius 3 is 2.04 bits per heavy atom. The number of halogens is 3. The van der Waals surface area contributed by atoms with Crippen molar-refractivity contribution in [2.45, 2.75) is 95.1 Å². The van der Waals surface area contributed by atoms with E-state index in [4.69, 9.17) is 14.9 Å². The van der Waals surface area contributed by atoms with E-state index in [9.17, 15) is 27.9 Å². The van der Waals surface area contributed by atoms with Gasteiger partial charge in [0.1, 0.15) is 12.9 Å². The molecular formula is C38H51F3O6. The highest BCUT2D eigenvalue weighted by Crippen LogP contribution is 2.45. The molecule has 1 unspecified atom stereocenters. The molecule has 2 fully saturated rings. The van der Waals surface area contributed by atoms with Crippen LogP contribution < -0.4 is 0 Å². The lowest BCUT2D eigenvalue weighted by atomic mass is 9.68. The Hall–Kier alpha value is -3.01. The molecule has 0 heterocycles. The Kier molecular flexibility index (Phi) is 15.6. The fourth-order valence-corrected chi connectivity index (χ4v) is 7.06. The second kappa shape index (κ2) is 19.1. The number of benzene rings is 2. The van der Waals surface area contributed by atoms with Crippen molar-refractivity contribution in [3.8, 4) is 0 Å². The first kappa shape index (κ1) is 38.4. The van der Waals surface area contributed by atoms with Gasteiger partial charge in [0.25, 0.3) is 0 Å². The van der Waals surface area contributed by atoms with Crippen LogP contribution in [-0.4, -0.2) is 60.2 Å². The third-order valence-corrected chi connectivity index (χ3v) is 9.97. The summed E-state index contributed by atoms with van der Waals surface area (Å²) in [6, 6.07) is 12.7. The number of rotatable bonds is 14. The predicted octanol–water partition coefficient (Wildman–Crippen LogP) is 7.94. The second-order valence-corrected chi connectivity index (χ2v) is 13.3. The van der Waals surface area contributed by atoms with E-state index < -0.39 is 25.2 Å². The summed E-state index contributed by atoms with van der Waals surface area (Å²) >= 11 is 0. The molecule has 9 heteroatoms. The molecule has 0 amide bonds. The van der Waals surface area contributed by atoms with Crippen molar-refractivity contribution in [3.05, 3.63) is 71.8 Å². The fourth-order valence-electron chi connectivity index (χ4n) is 7.06. The third-order valence-electron chi connectivity index (χ3n) is 9.97. The summed E-state index contributed by atoms with van der Waals surface area (Å²) in [7, 11) is 0. The van der Waals surface area contributed by atoms with Crippen molar-refractivity contribution in [1.29, 1.82) is 0 Å². The van der Waals surface area contributed by atoms with E-state index in [1.54, 1.807) is 0 Å². The maximum absolute atomic E-state index is 12.4. The van der Waals surface area contributed by atoms with Crippen LogP contribution in [0.15, 0.2) is 60.7 Å². The van der Waals surface area contributed by atoms with Gasteiger partial charge in [-0.15, -0.1) is 0 Å². The number of hydrogen-bond donors (Lipinski definition) is 3. The Bertz CT molecular complexity index is 1310. The van der Waals surface area contributed by atoms with Gasteiger partial charge in [0.05, 0.1) is 25.4 Å². The molecule has 3 N–H and O–H groups in total. The minimum atomic E-state index is -4.02. The van der Waals surface area contributed by atoms with Crippen molar-refractivity contribution in [2.24, 2.45) is 17.8 Å². The molecule has 260 valence electrons. The summed E-state index contributed by atoms with van der Waals surface area (Å²) in [5.74, 6) is 1.72. The highest BCUT2D eigenvalue weighted by molar-refractivity contribution is 5.88. The molecule has 1 atom stereocenters. The number of aliphatic hydroxyl groups is 3. The van der Waals surface area contributed by atoms with Crippen LogP contribution in [0.5, 0.6) is 0 Å². The Morgan fingerprint density at radius 1 is 0.872 bits per heavy atom. The highest BCUT2D eigenvalue weighted by atomic mass is 19.4. The van der Waals surface area contributed by atoms with Gasteiger partial charge in [0.2, 0.25) is 0 Å². The fraction of sp³-hybridized carbons (Fsp3) is 0.579. The number of hydrogen-bond acceptors (Lipinski definition) is 6. The average Bonchev–Trinajstić information content (AvgIpc) is 3.09. The minimum absolute atomic E-state index is 0.00877. The molecular weight excluding hydrogens is 609 g/mol. The van der Waals surface area contributed by atoms with Gasteiger partial charge in [-0.1, -0.05) is 75.2 Å². The summed E-state index contributed by atoms with van der Waals surface area (Å²) in [6.07, 6.45) is 7.53. The Balaban J connectivity index is 0.000000913. The Morgan fingerprint density at radius 2 is 1.49 bits per heavy atom. The number of alkyl halides is 3. The van der Waals surface area contributed by atoms with Crippen molar-refractivity contribution in [2.75, 3.05) is 26.4 Å². The monoisotopic (exact) mass is 660 g/mol. The van der Waals surface area contributed by atoms with Crippen LogP contribution in [0.3, 0.4) is 0 Å².